The van der Waals surface area contributed by atoms with Crippen molar-refractivity contribution in [3.05, 3.63) is 0 Å². The van der Waals surface area contributed by atoms with Gasteiger partial charge in [0.15, 0.2) is 0 Å². The van der Waals surface area contributed by atoms with Crippen molar-refractivity contribution in [2.24, 2.45) is 5.41 Å². The lowest BCUT2D eigenvalue weighted by atomic mass is 10.0. The molecule has 0 aromatic rings. The van der Waals surface area contributed by atoms with Crippen LogP contribution in [0.1, 0.15) is 38.5 Å². The van der Waals surface area contributed by atoms with Crippen molar-refractivity contribution >= 4 is 10.0 Å². The molecule has 5 nitrogen and oxygen atoms in total. The smallest absolute Gasteiger partial charge is 0.211 e. The second-order valence-electron chi connectivity index (χ2n) is 5.96. The molecule has 0 aromatic heterocycles. The van der Waals surface area contributed by atoms with Crippen LogP contribution in [0, 0.1) is 5.41 Å². The lowest BCUT2D eigenvalue weighted by molar-refractivity contribution is 0.173. The molecule has 0 aromatic carbocycles. The lowest BCUT2D eigenvalue weighted by Crippen LogP contribution is -2.33. The molecule has 0 unspecified atom stereocenters. The van der Waals surface area contributed by atoms with Crippen LogP contribution >= 0.6 is 0 Å². The molecule has 0 aliphatic heterocycles. The summed E-state index contributed by atoms with van der Waals surface area (Å²) in [5.41, 5.74) is 0.176. The highest BCUT2D eigenvalue weighted by atomic mass is 32.2. The Morgan fingerprint density at radius 2 is 2.05 bits per heavy atom. The van der Waals surface area contributed by atoms with Gasteiger partial charge in [0.2, 0.25) is 10.0 Å². The van der Waals surface area contributed by atoms with Crippen molar-refractivity contribution in [1.29, 1.82) is 0 Å². The van der Waals surface area contributed by atoms with E-state index in [4.69, 9.17) is 4.74 Å². The zero-order valence-electron chi connectivity index (χ0n) is 11.8. The monoisotopic (exact) mass is 290 g/mol. The molecule has 0 atom stereocenters. The molecule has 2 fully saturated rings. The van der Waals surface area contributed by atoms with E-state index in [1.807, 2.05) is 0 Å². The van der Waals surface area contributed by atoms with E-state index in [9.17, 15) is 8.42 Å². The first kappa shape index (κ1) is 15.2. The van der Waals surface area contributed by atoms with Gasteiger partial charge in [-0.1, -0.05) is 0 Å². The number of hydrogen-bond acceptors (Lipinski definition) is 4. The fourth-order valence-corrected chi connectivity index (χ4v) is 3.40. The summed E-state index contributed by atoms with van der Waals surface area (Å²) in [4.78, 5) is 0. The van der Waals surface area contributed by atoms with Gasteiger partial charge in [-0.3, -0.25) is 0 Å². The Kier molecular flexibility index (Phi) is 5.22. The predicted octanol–water partition coefficient (Wildman–Crippen LogP) is 0.865. The molecule has 0 spiro atoms. The van der Waals surface area contributed by atoms with Gasteiger partial charge in [0.25, 0.3) is 0 Å². The molecule has 112 valence electrons. The first-order valence-electron chi connectivity index (χ1n) is 7.25. The molecule has 0 heterocycles. The zero-order chi connectivity index (χ0) is 13.8. The second kappa shape index (κ2) is 6.52. The molecule has 2 aliphatic carbocycles. The van der Waals surface area contributed by atoms with Gasteiger partial charge in [0.1, 0.15) is 0 Å². The summed E-state index contributed by atoms with van der Waals surface area (Å²) < 4.78 is 31.6. The van der Waals surface area contributed by atoms with Gasteiger partial charge in [-0.25, -0.2) is 13.1 Å². The molecule has 19 heavy (non-hydrogen) atoms. The Hall–Kier alpha value is -0.170. The quantitative estimate of drug-likeness (QED) is 0.554. The average Bonchev–Trinajstić information content (AvgIpc) is 3.26. The van der Waals surface area contributed by atoms with Gasteiger partial charge in [0.05, 0.1) is 5.75 Å². The summed E-state index contributed by atoms with van der Waals surface area (Å²) in [6, 6.07) is 0.652. The van der Waals surface area contributed by atoms with Crippen molar-refractivity contribution in [3.8, 4) is 0 Å². The van der Waals surface area contributed by atoms with Crippen LogP contribution in [0.5, 0.6) is 0 Å². The van der Waals surface area contributed by atoms with E-state index in [2.05, 4.69) is 10.0 Å². The number of nitrogens with one attached hydrogen (secondary N) is 2. The molecule has 6 heteroatoms. The first-order chi connectivity index (χ1) is 9.05. The van der Waals surface area contributed by atoms with Crippen molar-refractivity contribution < 1.29 is 13.2 Å². The minimum absolute atomic E-state index is 0.176. The largest absolute Gasteiger partial charge is 0.385 e. The fourth-order valence-electron chi connectivity index (χ4n) is 2.20. The Morgan fingerprint density at radius 3 is 2.63 bits per heavy atom. The van der Waals surface area contributed by atoms with Crippen LogP contribution < -0.4 is 10.0 Å². The van der Waals surface area contributed by atoms with Crippen molar-refractivity contribution in [2.45, 2.75) is 44.6 Å². The van der Waals surface area contributed by atoms with Crippen LogP contribution in [0.15, 0.2) is 0 Å². The van der Waals surface area contributed by atoms with Gasteiger partial charge in [-0.15, -0.1) is 0 Å². The maximum absolute atomic E-state index is 11.9. The molecule has 2 aliphatic rings. The normalized spacial score (nSPS) is 21.5. The Labute approximate surface area is 116 Å². The number of sulfonamides is 1. The maximum Gasteiger partial charge on any atom is 0.211 e. The van der Waals surface area contributed by atoms with Crippen molar-refractivity contribution in [2.75, 3.05) is 32.6 Å². The van der Waals surface area contributed by atoms with E-state index in [0.717, 1.165) is 25.8 Å². The molecule has 0 radical (unpaired) electrons. The molecule has 2 N–H and O–H groups in total. The van der Waals surface area contributed by atoms with Gasteiger partial charge >= 0.3 is 0 Å². The summed E-state index contributed by atoms with van der Waals surface area (Å²) in [6.45, 7) is 2.10. The average molecular weight is 290 g/mol. The highest BCUT2D eigenvalue weighted by Gasteiger charge is 2.42. The van der Waals surface area contributed by atoms with Crippen LogP contribution in [-0.4, -0.2) is 47.0 Å². The fraction of sp³-hybridized carbons (Fsp3) is 1.00. The standard InChI is InChI=1S/C13H26N2O3S/c1-18-9-7-13(5-6-13)11-15-19(16,17)10-2-8-14-12-3-4-12/h12,14-15H,2-11H2,1H3. The van der Waals surface area contributed by atoms with Gasteiger partial charge < -0.3 is 10.1 Å². The summed E-state index contributed by atoms with van der Waals surface area (Å²) in [5.74, 6) is 0.229. The first-order valence-corrected chi connectivity index (χ1v) is 8.90. The third kappa shape index (κ3) is 5.77. The van der Waals surface area contributed by atoms with Crippen LogP contribution in [0.4, 0.5) is 0 Å². The Bertz CT molecular complexity index is 375. The van der Waals surface area contributed by atoms with Gasteiger partial charge in [-0.2, -0.15) is 0 Å². The van der Waals surface area contributed by atoms with E-state index >= 15 is 0 Å². The minimum atomic E-state index is -3.11. The van der Waals surface area contributed by atoms with Crippen LogP contribution in [0.2, 0.25) is 0 Å². The third-order valence-corrected chi connectivity index (χ3v) is 5.47. The van der Waals surface area contributed by atoms with E-state index in [-0.39, 0.29) is 11.2 Å². The van der Waals surface area contributed by atoms with Gasteiger partial charge in [0, 0.05) is 26.3 Å². The lowest BCUT2D eigenvalue weighted by Gasteiger charge is -2.15. The zero-order valence-corrected chi connectivity index (χ0v) is 12.6. The third-order valence-electron chi connectivity index (χ3n) is 4.06. The van der Waals surface area contributed by atoms with Crippen molar-refractivity contribution in [1.82, 2.24) is 10.0 Å². The minimum Gasteiger partial charge on any atom is -0.385 e. The summed E-state index contributed by atoms with van der Waals surface area (Å²) in [5, 5.41) is 3.33. The maximum atomic E-state index is 11.9. The molecule has 0 amide bonds. The van der Waals surface area contributed by atoms with Crippen molar-refractivity contribution in [3.63, 3.8) is 0 Å². The van der Waals surface area contributed by atoms with E-state index in [0.29, 0.717) is 25.6 Å². The van der Waals surface area contributed by atoms with Crippen LogP contribution in [0.3, 0.4) is 0 Å². The highest BCUT2D eigenvalue weighted by molar-refractivity contribution is 7.89. The SMILES string of the molecule is COCCC1(CNS(=O)(=O)CCCNC2CC2)CC1. The summed E-state index contributed by atoms with van der Waals surface area (Å²) >= 11 is 0. The highest BCUT2D eigenvalue weighted by Crippen LogP contribution is 2.48. The Morgan fingerprint density at radius 1 is 1.32 bits per heavy atom. The van der Waals surface area contributed by atoms with E-state index in [1.54, 1.807) is 7.11 Å². The molecule has 0 saturated heterocycles. The van der Waals surface area contributed by atoms with E-state index in [1.165, 1.54) is 12.8 Å². The molecule has 0 bridgehead atoms. The number of methoxy groups -OCH3 is 1. The number of hydrogen-bond donors (Lipinski definition) is 2. The van der Waals surface area contributed by atoms with Crippen LogP contribution in [0.25, 0.3) is 0 Å². The van der Waals surface area contributed by atoms with Gasteiger partial charge in [-0.05, 0) is 50.5 Å². The molecule has 2 saturated carbocycles. The van der Waals surface area contributed by atoms with Crippen LogP contribution in [-0.2, 0) is 14.8 Å². The Balaban J connectivity index is 1.59. The topological polar surface area (TPSA) is 67.4 Å². The predicted molar refractivity (Wildman–Crippen MR) is 75.6 cm³/mol. The second-order valence-corrected chi connectivity index (χ2v) is 7.89. The summed E-state index contributed by atoms with van der Waals surface area (Å²) in [6.07, 6.45) is 6.36. The number of ether oxygens (including phenoxy) is 1. The summed E-state index contributed by atoms with van der Waals surface area (Å²) in [7, 11) is -1.42. The van der Waals surface area contributed by atoms with E-state index < -0.39 is 10.0 Å². The molecular formula is C13H26N2O3S. The molecule has 2 rings (SSSR count). The molecular weight excluding hydrogens is 264 g/mol. The number of rotatable bonds is 11.